The summed E-state index contributed by atoms with van der Waals surface area (Å²) >= 11 is 0. The van der Waals surface area contributed by atoms with Gasteiger partial charge in [-0.25, -0.2) is 13.2 Å². The Morgan fingerprint density at radius 1 is 0.842 bits per heavy atom. The van der Waals surface area contributed by atoms with Gasteiger partial charge in [-0.15, -0.1) is 0 Å². The molecule has 4 N–H and O–H groups in total. The molecule has 0 radical (unpaired) electrons. The molecule has 0 unspecified atom stereocenters. The molecule has 57 heavy (non-hydrogen) atoms. The normalized spacial score (nSPS) is 30.7. The van der Waals surface area contributed by atoms with Crippen molar-refractivity contribution in [3.8, 4) is 0 Å². The average Bonchev–Trinajstić information content (AvgIpc) is 4.02. The van der Waals surface area contributed by atoms with Crippen LogP contribution < -0.4 is 20.7 Å². The zero-order valence-electron chi connectivity index (χ0n) is 36.3. The highest BCUT2D eigenvalue weighted by atomic mass is 32.2. The molecule has 0 aromatic heterocycles. The van der Waals surface area contributed by atoms with Crippen molar-refractivity contribution in [2.24, 2.45) is 33.5 Å². The summed E-state index contributed by atoms with van der Waals surface area (Å²) in [5, 5.41) is 8.94. The first-order valence-corrected chi connectivity index (χ1v) is 23.3. The molecule has 0 aromatic carbocycles. The highest BCUT2D eigenvalue weighted by Gasteiger charge is 2.85. The Kier molecular flexibility index (Phi) is 11.2. The van der Waals surface area contributed by atoms with Crippen LogP contribution in [0.5, 0.6) is 0 Å². The van der Waals surface area contributed by atoms with Crippen LogP contribution in [0.2, 0.25) is 0 Å². The van der Waals surface area contributed by atoms with Crippen molar-refractivity contribution < 1.29 is 37.1 Å². The molecule has 0 aromatic rings. The Morgan fingerprint density at radius 3 is 1.95 bits per heavy atom. The topological polar surface area (TPSA) is 180 Å². The first-order valence-electron chi connectivity index (χ1n) is 21.9. The van der Waals surface area contributed by atoms with E-state index in [0.29, 0.717) is 51.5 Å². The van der Waals surface area contributed by atoms with Crippen molar-refractivity contribution in [2.45, 2.75) is 200 Å². The van der Waals surface area contributed by atoms with E-state index in [2.05, 4.69) is 34.5 Å². The van der Waals surface area contributed by atoms with Gasteiger partial charge in [0.05, 0.1) is 4.75 Å². The van der Waals surface area contributed by atoms with Crippen molar-refractivity contribution in [1.82, 2.24) is 25.6 Å². The molecule has 6 aliphatic rings. The van der Waals surface area contributed by atoms with Gasteiger partial charge in [-0.05, 0) is 107 Å². The third kappa shape index (κ3) is 7.49. The Labute approximate surface area is 341 Å². The quantitative estimate of drug-likeness (QED) is 0.179. The number of hydrogen-bond donors (Lipinski definition) is 4. The largest absolute Gasteiger partial charge is 0.444 e. The van der Waals surface area contributed by atoms with Crippen LogP contribution in [0.4, 0.5) is 4.79 Å². The van der Waals surface area contributed by atoms with E-state index in [1.165, 1.54) is 0 Å². The van der Waals surface area contributed by atoms with Gasteiger partial charge in [-0.1, -0.05) is 87.0 Å². The number of carbonyl (C=O) groups is 5. The van der Waals surface area contributed by atoms with Gasteiger partial charge in [0.15, 0.2) is 0 Å². The lowest BCUT2D eigenvalue weighted by molar-refractivity contribution is -0.145. The number of rotatable bonds is 13. The van der Waals surface area contributed by atoms with Crippen molar-refractivity contribution in [2.75, 3.05) is 6.54 Å². The van der Waals surface area contributed by atoms with E-state index in [0.717, 1.165) is 51.4 Å². The SMILES string of the molecule is CCCC1(S(=O)(=O)NC(=O)[C@@]2(NC(=O)[C@@H]3C[C@@]4(CN3C(=O)[C@@H](NC(=O)[C@@H](NC(=O)OC(C)(C)C)C3CCCCC3)C(C)(C)C)C(C)(C)C43CCC3)C[C@@H]2CC)CC1. The van der Waals surface area contributed by atoms with Crippen LogP contribution in [0, 0.1) is 33.5 Å². The van der Waals surface area contributed by atoms with Crippen LogP contribution in [0.25, 0.3) is 0 Å². The number of fused-ring (bicyclic) bond motifs is 1. The summed E-state index contributed by atoms with van der Waals surface area (Å²) < 4.78 is 34.0. The third-order valence-electron chi connectivity index (χ3n) is 15.5. The summed E-state index contributed by atoms with van der Waals surface area (Å²) in [5.74, 6) is -2.40. The lowest BCUT2D eigenvalue weighted by Gasteiger charge is -2.38. The molecule has 14 heteroatoms. The average molecular weight is 818 g/mol. The van der Waals surface area contributed by atoms with E-state index in [9.17, 15) is 27.6 Å². The van der Waals surface area contributed by atoms with E-state index < -0.39 is 73.3 Å². The fourth-order valence-electron chi connectivity index (χ4n) is 11.6. The van der Waals surface area contributed by atoms with Gasteiger partial charge in [-0.2, -0.15) is 0 Å². The second-order valence-corrected chi connectivity index (χ2v) is 23.4. The van der Waals surface area contributed by atoms with E-state index in [1.54, 1.807) is 25.7 Å². The molecule has 5 saturated carbocycles. The minimum absolute atomic E-state index is 0.00993. The molecule has 1 saturated heterocycles. The van der Waals surface area contributed by atoms with E-state index in [1.807, 2.05) is 34.6 Å². The fourth-order valence-corrected chi connectivity index (χ4v) is 13.3. The number of hydrogen-bond acceptors (Lipinski definition) is 8. The van der Waals surface area contributed by atoms with Crippen LogP contribution >= 0.6 is 0 Å². The first-order chi connectivity index (χ1) is 26.4. The van der Waals surface area contributed by atoms with Gasteiger partial charge in [0.25, 0.3) is 5.91 Å². The first kappa shape index (κ1) is 43.7. The summed E-state index contributed by atoms with van der Waals surface area (Å²) in [6.07, 6.45) is 10.3. The van der Waals surface area contributed by atoms with Gasteiger partial charge in [-0.3, -0.25) is 23.9 Å². The van der Waals surface area contributed by atoms with Crippen LogP contribution in [-0.2, 0) is 33.9 Å². The maximum Gasteiger partial charge on any atom is 0.408 e. The minimum Gasteiger partial charge on any atom is -0.444 e. The second kappa shape index (κ2) is 14.7. The number of carbonyl (C=O) groups excluding carboxylic acids is 5. The molecule has 5 amide bonds. The number of alkyl carbamates (subject to hydrolysis) is 1. The van der Waals surface area contributed by atoms with Crippen molar-refractivity contribution in [3.63, 3.8) is 0 Å². The Morgan fingerprint density at radius 2 is 1.47 bits per heavy atom. The van der Waals surface area contributed by atoms with Gasteiger partial charge < -0.3 is 25.6 Å². The van der Waals surface area contributed by atoms with Crippen molar-refractivity contribution >= 4 is 39.7 Å². The molecule has 6 fully saturated rings. The maximum atomic E-state index is 15.2. The molecule has 322 valence electrons. The summed E-state index contributed by atoms with van der Waals surface area (Å²) in [7, 11) is -3.96. The standard InChI is InChI=1S/C43H71N5O8S/c1-11-19-40(22-23-40)57(54,55)47-35(52)43(24-28(43)12-2)46-32(49)29-25-42(39(9,10)41(42)20-16-21-41)26-48(29)34(51)31(37(3,4)5)45-33(50)30(27-17-14-13-15-18-27)44-36(53)56-38(6,7)8/h27-31H,11-26H2,1-10H3,(H,44,53)(H,45,50)(H,46,49)(H,47,52)/t28-,29-,30-,31+,42+,43+/m0/s1. The number of ether oxygens (including phenoxy) is 1. The number of sulfonamides is 1. The number of amides is 5. The van der Waals surface area contributed by atoms with Gasteiger partial charge in [0.2, 0.25) is 27.7 Å². The smallest absolute Gasteiger partial charge is 0.408 e. The summed E-state index contributed by atoms with van der Waals surface area (Å²) in [6.45, 7) is 19.6. The van der Waals surface area contributed by atoms with Gasteiger partial charge in [0.1, 0.15) is 29.3 Å². The highest BCUT2D eigenvalue weighted by Crippen LogP contribution is 2.88. The van der Waals surface area contributed by atoms with E-state index in [-0.39, 0.29) is 34.0 Å². The molecule has 1 aliphatic heterocycles. The molecule has 6 rings (SSSR count). The van der Waals surface area contributed by atoms with Crippen LogP contribution in [0.15, 0.2) is 0 Å². The van der Waals surface area contributed by atoms with Crippen LogP contribution in [-0.4, -0.2) is 83.6 Å². The van der Waals surface area contributed by atoms with Crippen LogP contribution in [0.3, 0.4) is 0 Å². The summed E-state index contributed by atoms with van der Waals surface area (Å²) in [6, 6.07) is -2.88. The zero-order valence-corrected chi connectivity index (χ0v) is 37.1. The zero-order chi connectivity index (χ0) is 42.2. The van der Waals surface area contributed by atoms with E-state index >= 15 is 4.79 Å². The molecule has 1 heterocycles. The van der Waals surface area contributed by atoms with E-state index in [4.69, 9.17) is 4.74 Å². The molecule has 2 spiro atoms. The lowest BCUT2D eigenvalue weighted by atomic mass is 9.73. The molecule has 0 bridgehead atoms. The van der Waals surface area contributed by atoms with Crippen LogP contribution in [0.1, 0.15) is 166 Å². The van der Waals surface area contributed by atoms with Crippen molar-refractivity contribution in [3.05, 3.63) is 0 Å². The predicted molar refractivity (Wildman–Crippen MR) is 217 cm³/mol. The number of nitrogens with one attached hydrogen (secondary N) is 4. The van der Waals surface area contributed by atoms with Crippen molar-refractivity contribution in [1.29, 1.82) is 0 Å². The lowest BCUT2D eigenvalue weighted by Crippen LogP contribution is -2.62. The Bertz CT molecular complexity index is 1730. The Hall–Kier alpha value is -2.90. The van der Waals surface area contributed by atoms with Gasteiger partial charge in [0, 0.05) is 12.0 Å². The predicted octanol–water partition coefficient (Wildman–Crippen LogP) is 5.85. The summed E-state index contributed by atoms with van der Waals surface area (Å²) in [4.78, 5) is 73.0. The Balaban J connectivity index is 1.28. The van der Waals surface area contributed by atoms with Gasteiger partial charge >= 0.3 is 6.09 Å². The molecule has 6 atom stereocenters. The monoisotopic (exact) mass is 818 g/mol. The number of likely N-dealkylation sites (tertiary alicyclic amines) is 1. The molecular formula is C43H71N5O8S. The highest BCUT2D eigenvalue weighted by molar-refractivity contribution is 7.91. The fraction of sp³-hybridized carbons (Fsp3) is 0.884. The molecule has 13 nitrogen and oxygen atoms in total. The molecule has 5 aliphatic carbocycles. The summed E-state index contributed by atoms with van der Waals surface area (Å²) in [5.41, 5.74) is -3.41. The number of nitrogens with zero attached hydrogens (tertiary/aromatic N) is 1. The maximum absolute atomic E-state index is 15.2. The second-order valence-electron chi connectivity index (χ2n) is 21.3. The third-order valence-corrected chi connectivity index (χ3v) is 17.7. The minimum atomic E-state index is -3.96. The molecular weight excluding hydrogens is 747 g/mol.